The van der Waals surface area contributed by atoms with E-state index < -0.39 is 45.1 Å². The quantitative estimate of drug-likeness (QED) is 0.0232. The number of rotatable bonds is 52. The van der Waals surface area contributed by atoms with Crippen LogP contribution in [0.25, 0.3) is 0 Å². The number of carboxylic acids is 1. The molecule has 390 valence electrons. The van der Waals surface area contributed by atoms with E-state index in [1.807, 2.05) is 0 Å². The Balaban J connectivity index is 4.11. The normalized spacial score (nSPS) is 14.1. The number of aliphatic carboxylic acids is 1. The summed E-state index contributed by atoms with van der Waals surface area (Å²) in [6, 6.07) is -1.48. The molecule has 3 unspecified atom stereocenters. The molecule has 0 aliphatic rings. The van der Waals surface area contributed by atoms with Crippen LogP contribution in [0.4, 0.5) is 0 Å². The first-order valence-electron chi connectivity index (χ1n) is 27.3. The zero-order valence-corrected chi connectivity index (χ0v) is 43.9. The summed E-state index contributed by atoms with van der Waals surface area (Å²) in [7, 11) is -4.63. The molecule has 0 aromatic carbocycles. The Kier molecular flexibility index (Phi) is 49.7. The van der Waals surface area contributed by atoms with E-state index in [1.165, 1.54) is 148 Å². The van der Waals surface area contributed by atoms with Gasteiger partial charge in [-0.3, -0.25) is 18.6 Å². The summed E-state index contributed by atoms with van der Waals surface area (Å²) in [4.78, 5) is 33.8. The van der Waals surface area contributed by atoms with E-state index in [9.17, 15) is 19.0 Å². The summed E-state index contributed by atoms with van der Waals surface area (Å²) in [5, 5.41) is 8.94. The van der Waals surface area contributed by atoms with Gasteiger partial charge >= 0.3 is 19.8 Å². The molecule has 0 saturated heterocycles. The molecule has 4 N–H and O–H groups in total. The second-order valence-electron chi connectivity index (χ2n) is 18.3. The summed E-state index contributed by atoms with van der Waals surface area (Å²) >= 11 is 0. The number of unbranched alkanes of at least 4 members (excludes halogenated alkanes) is 28. The summed E-state index contributed by atoms with van der Waals surface area (Å²) in [6.07, 6.45) is 64.2. The molecular weight excluding hydrogens is 862 g/mol. The maximum Gasteiger partial charge on any atom is 0.472 e. The third-order valence-corrected chi connectivity index (χ3v) is 12.7. The molecule has 67 heavy (non-hydrogen) atoms. The van der Waals surface area contributed by atoms with Crippen molar-refractivity contribution in [2.75, 3.05) is 26.4 Å². The number of carboxylic acid groups (broad SMARTS) is 1. The minimum absolute atomic E-state index is 0.0137. The fourth-order valence-corrected chi connectivity index (χ4v) is 8.37. The number of phosphoric acid groups is 1. The van der Waals surface area contributed by atoms with Crippen molar-refractivity contribution in [3.8, 4) is 0 Å². The Morgan fingerprint density at radius 1 is 0.493 bits per heavy atom. The highest BCUT2D eigenvalue weighted by Gasteiger charge is 2.27. The summed E-state index contributed by atoms with van der Waals surface area (Å²) in [6.45, 7) is 3.80. The molecule has 0 bridgehead atoms. The lowest BCUT2D eigenvalue weighted by Gasteiger charge is -2.20. The number of hydrogen-bond acceptors (Lipinski definition) is 8. The van der Waals surface area contributed by atoms with Gasteiger partial charge in [0.15, 0.2) is 0 Å². The van der Waals surface area contributed by atoms with Crippen LogP contribution in [0.3, 0.4) is 0 Å². The number of allylic oxidation sites excluding steroid dienone is 10. The molecule has 0 aromatic heterocycles. The van der Waals surface area contributed by atoms with E-state index >= 15 is 0 Å². The topological polar surface area (TPSA) is 155 Å². The number of phosphoric ester groups is 1. The Labute approximate surface area is 411 Å². The number of esters is 1. The predicted octanol–water partition coefficient (Wildman–Crippen LogP) is 16.3. The van der Waals surface area contributed by atoms with Crippen molar-refractivity contribution in [2.45, 2.75) is 257 Å². The first kappa shape index (κ1) is 64.7. The zero-order valence-electron chi connectivity index (χ0n) is 43.0. The van der Waals surface area contributed by atoms with Gasteiger partial charge < -0.3 is 25.2 Å². The van der Waals surface area contributed by atoms with E-state index in [0.29, 0.717) is 13.0 Å². The molecule has 0 aliphatic heterocycles. The lowest BCUT2D eigenvalue weighted by Crippen LogP contribution is -2.34. The fourth-order valence-electron chi connectivity index (χ4n) is 7.59. The average Bonchev–Trinajstić information content (AvgIpc) is 3.31. The van der Waals surface area contributed by atoms with Gasteiger partial charge in [-0.15, -0.1) is 0 Å². The van der Waals surface area contributed by atoms with Crippen LogP contribution in [0.2, 0.25) is 0 Å². The fraction of sp³-hybridized carbons (Fsp3) is 0.786. The zero-order chi connectivity index (χ0) is 49.0. The summed E-state index contributed by atoms with van der Waals surface area (Å²) in [5.74, 6) is -1.78. The average molecular weight is 964 g/mol. The van der Waals surface area contributed by atoms with Gasteiger partial charge in [0.2, 0.25) is 0 Å². The molecule has 10 nitrogen and oxygen atoms in total. The van der Waals surface area contributed by atoms with E-state index in [-0.39, 0.29) is 13.0 Å². The molecule has 0 radical (unpaired) electrons. The van der Waals surface area contributed by atoms with Crippen LogP contribution in [0.15, 0.2) is 60.8 Å². The Bertz CT molecular complexity index is 1300. The van der Waals surface area contributed by atoms with Crippen LogP contribution in [-0.4, -0.2) is 60.5 Å². The molecule has 3 atom stereocenters. The van der Waals surface area contributed by atoms with Crippen molar-refractivity contribution < 1.29 is 42.7 Å². The summed E-state index contributed by atoms with van der Waals surface area (Å²) < 4.78 is 33.6. The molecule has 0 aliphatic carbocycles. The second kappa shape index (κ2) is 51.5. The number of nitrogens with two attached hydrogens (primary N) is 1. The first-order valence-corrected chi connectivity index (χ1v) is 28.8. The highest BCUT2D eigenvalue weighted by Crippen LogP contribution is 2.43. The minimum Gasteiger partial charge on any atom is -0.480 e. The third-order valence-electron chi connectivity index (χ3n) is 11.8. The predicted molar refractivity (Wildman–Crippen MR) is 281 cm³/mol. The van der Waals surface area contributed by atoms with E-state index in [4.69, 9.17) is 29.4 Å². The maximum absolute atomic E-state index is 12.7. The summed E-state index contributed by atoms with van der Waals surface area (Å²) in [5.41, 5.74) is 5.38. The molecule has 0 heterocycles. The highest BCUT2D eigenvalue weighted by molar-refractivity contribution is 7.47. The SMILES string of the molecule is CC/C=C\C/C=C\C/C=C\C/C=C\CCCCCCCCCCCCC(=O)OC(COCCCCCCCCCCCC/C=C\CCCCCCCCCC)COP(=O)(O)OCC(N)C(=O)O. The van der Waals surface area contributed by atoms with Gasteiger partial charge in [-0.2, -0.15) is 0 Å². The van der Waals surface area contributed by atoms with Crippen molar-refractivity contribution in [3.05, 3.63) is 60.8 Å². The Hall–Kier alpha value is -2.33. The largest absolute Gasteiger partial charge is 0.480 e. The van der Waals surface area contributed by atoms with Crippen LogP contribution in [-0.2, 0) is 32.7 Å². The van der Waals surface area contributed by atoms with E-state index in [0.717, 1.165) is 70.6 Å². The van der Waals surface area contributed by atoms with Gasteiger partial charge in [-0.1, -0.05) is 222 Å². The van der Waals surface area contributed by atoms with Crippen LogP contribution >= 0.6 is 7.82 Å². The molecule has 0 amide bonds. The van der Waals surface area contributed by atoms with Crippen LogP contribution in [0.1, 0.15) is 245 Å². The van der Waals surface area contributed by atoms with Gasteiger partial charge in [0.05, 0.1) is 19.8 Å². The monoisotopic (exact) mass is 964 g/mol. The second-order valence-corrected chi connectivity index (χ2v) is 19.8. The van der Waals surface area contributed by atoms with Gasteiger partial charge in [0.1, 0.15) is 12.1 Å². The van der Waals surface area contributed by atoms with Gasteiger partial charge in [-0.25, -0.2) is 4.57 Å². The minimum atomic E-state index is -4.63. The van der Waals surface area contributed by atoms with Gasteiger partial charge in [0, 0.05) is 13.0 Å². The van der Waals surface area contributed by atoms with Crippen molar-refractivity contribution in [3.63, 3.8) is 0 Å². The lowest BCUT2D eigenvalue weighted by atomic mass is 10.0. The Morgan fingerprint density at radius 2 is 0.866 bits per heavy atom. The van der Waals surface area contributed by atoms with Crippen LogP contribution < -0.4 is 5.73 Å². The van der Waals surface area contributed by atoms with Crippen molar-refractivity contribution >= 4 is 19.8 Å². The maximum atomic E-state index is 12.7. The molecule has 0 rings (SSSR count). The van der Waals surface area contributed by atoms with Crippen molar-refractivity contribution in [1.82, 2.24) is 0 Å². The molecule has 0 saturated carbocycles. The van der Waals surface area contributed by atoms with Crippen LogP contribution in [0, 0.1) is 0 Å². The number of hydrogen-bond donors (Lipinski definition) is 3. The lowest BCUT2D eigenvalue weighted by molar-refractivity contribution is -0.154. The van der Waals surface area contributed by atoms with Crippen molar-refractivity contribution in [1.29, 1.82) is 0 Å². The molecular formula is C56H102NO9P. The van der Waals surface area contributed by atoms with Gasteiger partial charge in [-0.05, 0) is 77.0 Å². The molecule has 0 aromatic rings. The van der Waals surface area contributed by atoms with E-state index in [1.54, 1.807) is 0 Å². The first-order chi connectivity index (χ1) is 32.7. The number of ether oxygens (including phenoxy) is 2. The smallest absolute Gasteiger partial charge is 0.472 e. The van der Waals surface area contributed by atoms with E-state index in [2.05, 4.69) is 74.6 Å². The molecule has 0 spiro atoms. The standard InChI is InChI=1S/C56H102NO9P/c1-3-5-7-9-11-13-15-17-19-21-23-25-27-28-30-32-34-36-38-40-42-44-46-48-55(58)66-53(51-64-67(61,62)65-52-54(57)56(59)60)50-63-49-47-45-43-41-39-37-35-33-31-29-26-24-22-20-18-16-14-12-10-8-6-4-2/h5,7,11,13,17,19,22-25,53-54H,3-4,6,8-10,12,14-16,18,20-21,26-52,57H2,1-2H3,(H,59,60)(H,61,62)/b7-5-,13-11-,19-17-,24-22-,25-23-. The number of carbonyl (C=O) groups is 2. The van der Waals surface area contributed by atoms with Crippen molar-refractivity contribution in [2.24, 2.45) is 5.73 Å². The van der Waals surface area contributed by atoms with Crippen LogP contribution in [0.5, 0.6) is 0 Å². The van der Waals surface area contributed by atoms with Gasteiger partial charge in [0.25, 0.3) is 0 Å². The molecule has 0 fully saturated rings. The Morgan fingerprint density at radius 3 is 1.31 bits per heavy atom. The highest BCUT2D eigenvalue weighted by atomic mass is 31.2. The number of carbonyl (C=O) groups excluding carboxylic acids is 1. The third kappa shape index (κ3) is 51.4. The molecule has 11 heteroatoms.